The third-order valence-corrected chi connectivity index (χ3v) is 12.2. The number of nitrogens with zero attached hydrogens (tertiary/aromatic N) is 2. The summed E-state index contributed by atoms with van der Waals surface area (Å²) in [6.07, 6.45) is 2.72. The maximum absolute atomic E-state index is 4.74. The van der Waals surface area contributed by atoms with Crippen molar-refractivity contribution < 1.29 is 0 Å². The Bertz CT molecular complexity index is 3100. The molecule has 0 aliphatic heterocycles. The van der Waals surface area contributed by atoms with Crippen LogP contribution in [0.2, 0.25) is 0 Å². The van der Waals surface area contributed by atoms with Crippen molar-refractivity contribution in [2.45, 2.75) is 19.3 Å². The number of fused-ring (bicyclic) bond motifs is 6. The highest BCUT2D eigenvalue weighted by Gasteiger charge is 2.32. The van der Waals surface area contributed by atoms with Gasteiger partial charge in [0.25, 0.3) is 0 Å². The molecule has 0 N–H and O–H groups in total. The van der Waals surface area contributed by atoms with E-state index in [1.54, 1.807) is 0 Å². The minimum Gasteiger partial charge on any atom is -0.309 e. The summed E-state index contributed by atoms with van der Waals surface area (Å²) < 4.78 is 2.43. The molecular formula is C56H40N2. The van der Waals surface area contributed by atoms with E-state index in [1.165, 1.54) is 99.8 Å². The van der Waals surface area contributed by atoms with Gasteiger partial charge in [0.05, 0.1) is 11.0 Å². The van der Waals surface area contributed by atoms with Gasteiger partial charge in [-0.2, -0.15) is 0 Å². The van der Waals surface area contributed by atoms with Gasteiger partial charge >= 0.3 is 0 Å². The van der Waals surface area contributed by atoms with Gasteiger partial charge in [0, 0.05) is 39.8 Å². The van der Waals surface area contributed by atoms with Crippen LogP contribution < -0.4 is 0 Å². The van der Waals surface area contributed by atoms with Gasteiger partial charge in [-0.3, -0.25) is 4.98 Å². The molecule has 11 rings (SSSR count). The number of hydrogen-bond acceptors (Lipinski definition) is 1. The SMILES string of the molecule is Cc1ncccc1-c1cc(-c2ccccc2C2c3ccccc3-c3cc(-n4c5ccccc5c5ccccc54)ccc32)ccc1Cc1ccc(-c2ccccc2)cc1. The maximum Gasteiger partial charge on any atom is 0.0541 e. The standard InChI is InChI=1S/C56H40N2/c1-37-44(22-13-33-57-37)52-35-42(30-29-41(52)34-38-25-27-40(28-26-38)39-14-3-2-4-15-39)45-16-5-7-20-49(45)56-50-21-8-6-17-46(50)53-36-43(31-32-51(53)56)58-54-23-11-9-18-47(54)48-19-10-12-24-55(48)58/h2-33,35-36,56H,34H2,1H3. The lowest BCUT2D eigenvalue weighted by atomic mass is 9.83. The van der Waals surface area contributed by atoms with Gasteiger partial charge in [-0.25, -0.2) is 0 Å². The van der Waals surface area contributed by atoms with Crippen molar-refractivity contribution in [3.05, 3.63) is 240 Å². The lowest BCUT2D eigenvalue weighted by molar-refractivity contribution is 1.01. The Labute approximate surface area is 339 Å². The van der Waals surface area contributed by atoms with Gasteiger partial charge in [0.1, 0.15) is 0 Å². The monoisotopic (exact) mass is 740 g/mol. The van der Waals surface area contributed by atoms with Gasteiger partial charge in [-0.15, -0.1) is 0 Å². The summed E-state index contributed by atoms with van der Waals surface area (Å²) in [4.78, 5) is 4.74. The average molecular weight is 741 g/mol. The van der Waals surface area contributed by atoms with Gasteiger partial charge in [0.2, 0.25) is 0 Å². The molecular weight excluding hydrogens is 701 g/mol. The number of aromatic nitrogens is 2. The lowest BCUT2D eigenvalue weighted by Crippen LogP contribution is -2.03. The molecule has 8 aromatic carbocycles. The predicted octanol–water partition coefficient (Wildman–Crippen LogP) is 14.2. The molecule has 1 atom stereocenters. The number of benzene rings is 8. The summed E-state index contributed by atoms with van der Waals surface area (Å²) in [5.41, 5.74) is 21.2. The van der Waals surface area contributed by atoms with Crippen LogP contribution in [0.4, 0.5) is 0 Å². The van der Waals surface area contributed by atoms with Crippen molar-refractivity contribution in [2.75, 3.05) is 0 Å². The molecule has 0 bridgehead atoms. The summed E-state index contributed by atoms with van der Waals surface area (Å²) in [5.74, 6) is 0.0981. The molecule has 1 aliphatic rings. The molecule has 1 aliphatic carbocycles. The van der Waals surface area contributed by atoms with Gasteiger partial charge in [-0.1, -0.05) is 164 Å². The van der Waals surface area contributed by atoms with Crippen LogP contribution in [0.5, 0.6) is 0 Å². The fraction of sp³-hybridized carbons (Fsp3) is 0.0536. The second kappa shape index (κ2) is 14.0. The maximum atomic E-state index is 4.74. The van der Waals surface area contributed by atoms with Gasteiger partial charge < -0.3 is 4.57 Å². The summed E-state index contributed by atoms with van der Waals surface area (Å²) in [7, 11) is 0. The first kappa shape index (κ1) is 34.0. The first-order valence-corrected chi connectivity index (χ1v) is 20.2. The summed E-state index contributed by atoms with van der Waals surface area (Å²) in [6.45, 7) is 2.12. The lowest BCUT2D eigenvalue weighted by Gasteiger charge is -2.21. The molecule has 0 saturated carbocycles. The molecule has 274 valence electrons. The van der Waals surface area contributed by atoms with E-state index < -0.39 is 0 Å². The molecule has 0 amide bonds. The molecule has 10 aromatic rings. The number of hydrogen-bond donors (Lipinski definition) is 0. The van der Waals surface area contributed by atoms with E-state index in [1.807, 2.05) is 6.20 Å². The minimum atomic E-state index is 0.0981. The molecule has 2 heterocycles. The fourth-order valence-electron chi connectivity index (χ4n) is 9.46. The average Bonchev–Trinajstić information content (AvgIpc) is 3.80. The number of aryl methyl sites for hydroxylation is 1. The van der Waals surface area contributed by atoms with E-state index in [4.69, 9.17) is 4.98 Å². The summed E-state index contributed by atoms with van der Waals surface area (Å²) in [6, 6.07) is 73.6. The van der Waals surface area contributed by atoms with Crippen LogP contribution in [0.25, 0.3) is 72.0 Å². The third kappa shape index (κ3) is 5.68. The smallest absolute Gasteiger partial charge is 0.0541 e. The van der Waals surface area contributed by atoms with Crippen LogP contribution in [0.3, 0.4) is 0 Å². The van der Waals surface area contributed by atoms with Crippen LogP contribution >= 0.6 is 0 Å². The molecule has 2 nitrogen and oxygen atoms in total. The predicted molar refractivity (Wildman–Crippen MR) is 242 cm³/mol. The fourth-order valence-corrected chi connectivity index (χ4v) is 9.46. The van der Waals surface area contributed by atoms with E-state index in [0.717, 1.165) is 12.1 Å². The van der Waals surface area contributed by atoms with Crippen molar-refractivity contribution in [1.29, 1.82) is 0 Å². The van der Waals surface area contributed by atoms with E-state index in [9.17, 15) is 0 Å². The highest BCUT2D eigenvalue weighted by Crippen LogP contribution is 2.51. The zero-order chi connectivity index (χ0) is 38.6. The normalized spacial score (nSPS) is 13.2. The van der Waals surface area contributed by atoms with Gasteiger partial charge in [-0.05, 0) is 117 Å². The van der Waals surface area contributed by atoms with E-state index in [0.29, 0.717) is 0 Å². The zero-order valence-electron chi connectivity index (χ0n) is 32.3. The van der Waals surface area contributed by atoms with Crippen molar-refractivity contribution in [1.82, 2.24) is 9.55 Å². The highest BCUT2D eigenvalue weighted by atomic mass is 15.0. The van der Waals surface area contributed by atoms with Crippen molar-refractivity contribution in [3.63, 3.8) is 0 Å². The van der Waals surface area contributed by atoms with Crippen molar-refractivity contribution >= 4 is 21.8 Å². The Kier molecular flexibility index (Phi) is 8.22. The van der Waals surface area contributed by atoms with Crippen LogP contribution in [-0.4, -0.2) is 9.55 Å². The Balaban J connectivity index is 1.02. The zero-order valence-corrected chi connectivity index (χ0v) is 32.3. The molecule has 2 aromatic heterocycles. The topological polar surface area (TPSA) is 17.8 Å². The summed E-state index contributed by atoms with van der Waals surface area (Å²) in [5, 5.41) is 2.55. The third-order valence-electron chi connectivity index (χ3n) is 12.2. The highest BCUT2D eigenvalue weighted by molar-refractivity contribution is 6.09. The number of pyridine rings is 1. The number of para-hydroxylation sites is 2. The Morgan fingerprint density at radius 1 is 0.431 bits per heavy atom. The van der Waals surface area contributed by atoms with Crippen molar-refractivity contribution in [2.24, 2.45) is 0 Å². The van der Waals surface area contributed by atoms with E-state index in [2.05, 4.69) is 212 Å². The summed E-state index contributed by atoms with van der Waals surface area (Å²) >= 11 is 0. The van der Waals surface area contributed by atoms with Crippen LogP contribution in [0.15, 0.2) is 206 Å². The van der Waals surface area contributed by atoms with Crippen LogP contribution in [0, 0.1) is 6.92 Å². The molecule has 0 fully saturated rings. The molecule has 2 heteroatoms. The molecule has 0 radical (unpaired) electrons. The second-order valence-electron chi connectivity index (χ2n) is 15.5. The van der Waals surface area contributed by atoms with Gasteiger partial charge in [0.15, 0.2) is 0 Å². The minimum absolute atomic E-state index is 0.0981. The Morgan fingerprint density at radius 3 is 1.76 bits per heavy atom. The quantitative estimate of drug-likeness (QED) is 0.159. The molecule has 1 unspecified atom stereocenters. The first-order chi connectivity index (χ1) is 28.7. The Morgan fingerprint density at radius 2 is 1.02 bits per heavy atom. The largest absolute Gasteiger partial charge is 0.309 e. The van der Waals surface area contributed by atoms with Crippen LogP contribution in [-0.2, 0) is 6.42 Å². The van der Waals surface area contributed by atoms with E-state index >= 15 is 0 Å². The van der Waals surface area contributed by atoms with Crippen LogP contribution in [0.1, 0.15) is 39.4 Å². The Hall–Kier alpha value is -7.29. The molecule has 58 heavy (non-hydrogen) atoms. The molecule has 0 saturated heterocycles. The van der Waals surface area contributed by atoms with E-state index in [-0.39, 0.29) is 5.92 Å². The van der Waals surface area contributed by atoms with Crippen molar-refractivity contribution in [3.8, 4) is 50.2 Å². The second-order valence-corrected chi connectivity index (χ2v) is 15.5. The molecule has 0 spiro atoms. The first-order valence-electron chi connectivity index (χ1n) is 20.2. The number of rotatable bonds is 7.